The van der Waals surface area contributed by atoms with Crippen LogP contribution in [0.1, 0.15) is 69.2 Å². The van der Waals surface area contributed by atoms with Gasteiger partial charge in [-0.2, -0.15) is 0 Å². The van der Waals surface area contributed by atoms with E-state index in [2.05, 4.69) is 13.8 Å². The topological polar surface area (TPSA) is 43.4 Å². The Bertz CT molecular complexity index is 893. The van der Waals surface area contributed by atoms with Crippen LogP contribution in [0.15, 0.2) is 42.0 Å². The molecule has 0 aromatic heterocycles. The first-order chi connectivity index (χ1) is 14.3. The number of halogens is 1. The molecule has 0 unspecified atom stereocenters. The predicted molar refractivity (Wildman–Crippen MR) is 113 cm³/mol. The van der Waals surface area contributed by atoms with Crippen molar-refractivity contribution in [2.24, 2.45) is 28.6 Å². The van der Waals surface area contributed by atoms with E-state index in [1.807, 2.05) is 24.3 Å². The molecular weight excluding hydrogens is 379 g/mol. The van der Waals surface area contributed by atoms with Crippen LogP contribution in [-0.4, -0.2) is 24.0 Å². The first-order valence-corrected chi connectivity index (χ1v) is 11.5. The van der Waals surface area contributed by atoms with Gasteiger partial charge in [-0.25, -0.2) is 9.18 Å². The first kappa shape index (κ1) is 20.0. The lowest BCUT2D eigenvalue weighted by Crippen LogP contribution is -2.56. The van der Waals surface area contributed by atoms with Crippen molar-refractivity contribution in [3.05, 3.63) is 47.5 Å². The molecule has 4 heteroatoms. The van der Waals surface area contributed by atoms with Crippen LogP contribution in [0.3, 0.4) is 0 Å². The summed E-state index contributed by atoms with van der Waals surface area (Å²) in [6.45, 7) is 4.34. The van der Waals surface area contributed by atoms with Crippen LogP contribution in [0.5, 0.6) is 0 Å². The Balaban J connectivity index is 1.41. The second-order valence-electron chi connectivity index (χ2n) is 10.5. The molecule has 0 bridgehead atoms. The predicted octanol–water partition coefficient (Wildman–Crippen LogP) is 5.69. The molecule has 160 valence electrons. The SMILES string of the molecule is C[C@]12C[C@H](F)[C@H]3[C@@H](CCC4=CC(=O)CC[C@@]43C)[C@@H]1CC[C@@H]2OC(=O)c1ccccc1. The minimum atomic E-state index is -0.922. The number of alkyl halides is 1. The molecule has 0 radical (unpaired) electrons. The highest BCUT2D eigenvalue weighted by Crippen LogP contribution is 2.66. The molecule has 0 saturated heterocycles. The van der Waals surface area contributed by atoms with Gasteiger partial charge in [0.15, 0.2) is 5.78 Å². The van der Waals surface area contributed by atoms with Crippen LogP contribution < -0.4 is 0 Å². The number of carbonyl (C=O) groups is 2. The summed E-state index contributed by atoms with van der Waals surface area (Å²) in [4.78, 5) is 24.7. The summed E-state index contributed by atoms with van der Waals surface area (Å²) in [5.41, 5.74) is 1.22. The molecule has 4 aliphatic carbocycles. The molecule has 3 fully saturated rings. The van der Waals surface area contributed by atoms with E-state index in [0.717, 1.165) is 32.1 Å². The normalized spacial score (nSPS) is 42.6. The highest BCUT2D eigenvalue weighted by Gasteiger charge is 2.63. The van der Waals surface area contributed by atoms with Crippen LogP contribution in [0.25, 0.3) is 0 Å². The van der Waals surface area contributed by atoms with E-state index in [0.29, 0.717) is 30.2 Å². The zero-order valence-corrected chi connectivity index (χ0v) is 17.9. The third-order valence-electron chi connectivity index (χ3n) is 9.03. The number of carbonyl (C=O) groups excluding carboxylic acids is 2. The van der Waals surface area contributed by atoms with Gasteiger partial charge in [-0.05, 0) is 74.0 Å². The Morgan fingerprint density at radius 2 is 1.87 bits per heavy atom. The Kier molecular flexibility index (Phi) is 4.68. The molecule has 3 nitrogen and oxygen atoms in total. The van der Waals surface area contributed by atoms with Crippen LogP contribution in [0.2, 0.25) is 0 Å². The van der Waals surface area contributed by atoms with Gasteiger partial charge in [0.05, 0.1) is 5.56 Å². The number of rotatable bonds is 2. The third kappa shape index (κ3) is 2.90. The van der Waals surface area contributed by atoms with Gasteiger partial charge in [0.25, 0.3) is 0 Å². The molecule has 0 heterocycles. The molecule has 30 heavy (non-hydrogen) atoms. The Morgan fingerprint density at radius 3 is 2.63 bits per heavy atom. The van der Waals surface area contributed by atoms with Gasteiger partial charge in [-0.15, -0.1) is 0 Å². The highest BCUT2D eigenvalue weighted by atomic mass is 19.1. The van der Waals surface area contributed by atoms with Crippen molar-refractivity contribution in [3.63, 3.8) is 0 Å². The molecule has 1 aromatic rings. The Morgan fingerprint density at radius 1 is 1.10 bits per heavy atom. The number of hydrogen-bond acceptors (Lipinski definition) is 3. The van der Waals surface area contributed by atoms with E-state index in [-0.39, 0.29) is 34.6 Å². The molecule has 0 aliphatic heterocycles. The largest absolute Gasteiger partial charge is 0.458 e. The Labute approximate surface area is 178 Å². The molecule has 5 rings (SSSR count). The van der Waals surface area contributed by atoms with Gasteiger partial charge in [0.1, 0.15) is 12.3 Å². The smallest absolute Gasteiger partial charge is 0.338 e. The number of ketones is 1. The first-order valence-electron chi connectivity index (χ1n) is 11.5. The lowest BCUT2D eigenvalue weighted by Gasteiger charge is -2.58. The third-order valence-corrected chi connectivity index (χ3v) is 9.03. The van der Waals surface area contributed by atoms with Crippen molar-refractivity contribution < 1.29 is 18.7 Å². The zero-order chi connectivity index (χ0) is 21.1. The Hall–Kier alpha value is -1.97. The quantitative estimate of drug-likeness (QED) is 0.588. The molecule has 1 aromatic carbocycles. The maximum Gasteiger partial charge on any atom is 0.338 e. The van der Waals surface area contributed by atoms with Gasteiger partial charge >= 0.3 is 5.97 Å². The van der Waals surface area contributed by atoms with Crippen molar-refractivity contribution in [2.75, 3.05) is 0 Å². The average Bonchev–Trinajstić information content (AvgIpc) is 3.04. The van der Waals surface area contributed by atoms with Crippen LogP contribution in [0, 0.1) is 28.6 Å². The number of fused-ring (bicyclic) bond motifs is 5. The van der Waals surface area contributed by atoms with Crippen molar-refractivity contribution >= 4 is 11.8 Å². The second-order valence-corrected chi connectivity index (χ2v) is 10.5. The maximum atomic E-state index is 15.9. The molecule has 0 amide bonds. The fraction of sp³-hybridized carbons (Fsp3) is 0.615. The lowest BCUT2D eigenvalue weighted by atomic mass is 9.47. The van der Waals surface area contributed by atoms with Crippen molar-refractivity contribution in [1.82, 2.24) is 0 Å². The zero-order valence-electron chi connectivity index (χ0n) is 17.9. The molecule has 7 atom stereocenters. The number of ether oxygens (including phenoxy) is 1. The maximum absolute atomic E-state index is 15.9. The average molecular weight is 411 g/mol. The standard InChI is InChI=1S/C26H31FO3/c1-25-13-12-18(28)14-17(25)8-9-19-20-10-11-22(26(20,2)15-21(27)23(19)25)30-24(29)16-6-4-3-5-7-16/h3-7,14,19-23H,8-13,15H2,1-2H3/t19-,20-,21-,22-,23+,25-,26-/m0/s1. The molecule has 4 aliphatic rings. The number of allylic oxidation sites excluding steroid dienone is 1. The monoisotopic (exact) mass is 410 g/mol. The number of benzene rings is 1. The number of hydrogen-bond donors (Lipinski definition) is 0. The minimum absolute atomic E-state index is 0.0211. The van der Waals surface area contributed by atoms with Gasteiger partial charge in [-0.1, -0.05) is 37.6 Å². The summed E-state index contributed by atoms with van der Waals surface area (Å²) >= 11 is 0. The molecule has 3 saturated carbocycles. The van der Waals surface area contributed by atoms with Gasteiger partial charge in [0.2, 0.25) is 0 Å². The lowest BCUT2D eigenvalue weighted by molar-refractivity contribution is -0.126. The van der Waals surface area contributed by atoms with Gasteiger partial charge in [-0.3, -0.25) is 4.79 Å². The summed E-state index contributed by atoms with van der Waals surface area (Å²) in [5.74, 6) is 0.554. The second kappa shape index (κ2) is 7.03. The van der Waals surface area contributed by atoms with Gasteiger partial charge < -0.3 is 4.74 Å². The molecule has 0 N–H and O–H groups in total. The van der Waals surface area contributed by atoms with E-state index in [1.165, 1.54) is 5.57 Å². The summed E-state index contributed by atoms with van der Waals surface area (Å²) < 4.78 is 21.9. The van der Waals surface area contributed by atoms with E-state index >= 15 is 4.39 Å². The molecule has 0 spiro atoms. The fourth-order valence-electron chi connectivity index (χ4n) is 7.53. The summed E-state index contributed by atoms with van der Waals surface area (Å²) in [5, 5.41) is 0. The van der Waals surface area contributed by atoms with E-state index in [4.69, 9.17) is 4.74 Å². The minimum Gasteiger partial charge on any atom is -0.458 e. The van der Waals surface area contributed by atoms with Crippen molar-refractivity contribution in [1.29, 1.82) is 0 Å². The number of esters is 1. The van der Waals surface area contributed by atoms with E-state index < -0.39 is 6.17 Å². The summed E-state index contributed by atoms with van der Waals surface area (Å²) in [7, 11) is 0. The fourth-order valence-corrected chi connectivity index (χ4v) is 7.53. The van der Waals surface area contributed by atoms with Crippen molar-refractivity contribution in [2.45, 2.75) is 71.1 Å². The van der Waals surface area contributed by atoms with Gasteiger partial charge in [0, 0.05) is 17.8 Å². The van der Waals surface area contributed by atoms with Crippen LogP contribution in [-0.2, 0) is 9.53 Å². The van der Waals surface area contributed by atoms with Crippen molar-refractivity contribution in [3.8, 4) is 0 Å². The van der Waals surface area contributed by atoms with E-state index in [1.54, 1.807) is 12.1 Å². The van der Waals surface area contributed by atoms with Crippen LogP contribution in [0.4, 0.5) is 4.39 Å². The van der Waals surface area contributed by atoms with Crippen LogP contribution >= 0.6 is 0 Å². The molecular formula is C26H31FO3. The summed E-state index contributed by atoms with van der Waals surface area (Å²) in [6, 6.07) is 9.09. The summed E-state index contributed by atoms with van der Waals surface area (Å²) in [6.07, 6.45) is 6.07. The van der Waals surface area contributed by atoms with E-state index in [9.17, 15) is 9.59 Å². The highest BCUT2D eigenvalue weighted by molar-refractivity contribution is 5.91.